The first-order valence-corrected chi connectivity index (χ1v) is 7.77. The van der Waals surface area contributed by atoms with Crippen LogP contribution >= 0.6 is 15.9 Å². The van der Waals surface area contributed by atoms with Gasteiger partial charge < -0.3 is 4.74 Å². The number of hydrogen-bond acceptors (Lipinski definition) is 3. The van der Waals surface area contributed by atoms with E-state index in [4.69, 9.17) is 4.74 Å². The third-order valence-electron chi connectivity index (χ3n) is 2.23. The number of rotatable bonds is 4. The average Bonchev–Trinajstić information content (AvgIpc) is 2.15. The summed E-state index contributed by atoms with van der Waals surface area (Å²) in [5, 5.41) is 0. The first-order valence-electron chi connectivity index (χ1n) is 4.80. The zero-order valence-electron chi connectivity index (χ0n) is 9.53. The molecule has 1 atom stereocenters. The van der Waals surface area contributed by atoms with Gasteiger partial charge in [-0.05, 0) is 24.1 Å². The molecule has 0 spiro atoms. The molecular formula is C11H15BrO3S. The fourth-order valence-corrected chi connectivity index (χ4v) is 3.91. The van der Waals surface area contributed by atoms with Gasteiger partial charge in [-0.25, -0.2) is 8.42 Å². The predicted molar refractivity (Wildman–Crippen MR) is 69.1 cm³/mol. The van der Waals surface area contributed by atoms with Crippen LogP contribution in [0.1, 0.15) is 16.0 Å². The molecule has 0 aliphatic heterocycles. The number of ether oxygens (including phenoxy) is 1. The second-order valence-corrected chi connectivity index (χ2v) is 7.08. The molecule has 0 heterocycles. The number of hydrogen-bond donors (Lipinski definition) is 0. The summed E-state index contributed by atoms with van der Waals surface area (Å²) in [7, 11) is -1.36. The molecule has 0 fully saturated rings. The van der Waals surface area contributed by atoms with Crippen LogP contribution in [0.2, 0.25) is 0 Å². The van der Waals surface area contributed by atoms with Gasteiger partial charge in [0.05, 0.1) is 17.7 Å². The highest BCUT2D eigenvalue weighted by Crippen LogP contribution is 2.28. The number of sulfone groups is 1. The molecular weight excluding hydrogens is 292 g/mol. The van der Waals surface area contributed by atoms with Gasteiger partial charge >= 0.3 is 0 Å². The van der Waals surface area contributed by atoms with Crippen molar-refractivity contribution in [2.75, 3.05) is 19.1 Å². The van der Waals surface area contributed by atoms with Crippen molar-refractivity contribution in [3.63, 3.8) is 0 Å². The van der Waals surface area contributed by atoms with Crippen LogP contribution in [0.3, 0.4) is 0 Å². The van der Waals surface area contributed by atoms with Gasteiger partial charge in [-0.3, -0.25) is 0 Å². The normalized spacial score (nSPS) is 13.5. The zero-order valence-corrected chi connectivity index (χ0v) is 11.9. The van der Waals surface area contributed by atoms with Crippen molar-refractivity contribution in [2.24, 2.45) is 0 Å². The molecule has 0 aliphatic carbocycles. The van der Waals surface area contributed by atoms with Crippen LogP contribution < -0.4 is 4.74 Å². The maximum absolute atomic E-state index is 11.2. The molecule has 3 nitrogen and oxygen atoms in total. The van der Waals surface area contributed by atoms with Gasteiger partial charge in [-0.2, -0.15) is 0 Å². The Hall–Kier alpha value is -0.550. The largest absolute Gasteiger partial charge is 0.496 e. The molecule has 1 aromatic carbocycles. The van der Waals surface area contributed by atoms with E-state index in [1.54, 1.807) is 7.11 Å². The second kappa shape index (κ2) is 5.19. The fourth-order valence-electron chi connectivity index (χ4n) is 1.46. The van der Waals surface area contributed by atoms with Crippen LogP contribution in [0.15, 0.2) is 18.2 Å². The molecule has 0 bridgehead atoms. The molecule has 0 saturated heterocycles. The van der Waals surface area contributed by atoms with Crippen LogP contribution in [-0.2, 0) is 9.84 Å². The summed E-state index contributed by atoms with van der Waals surface area (Å²) >= 11 is 3.38. The lowest BCUT2D eigenvalue weighted by Gasteiger charge is -2.11. The minimum absolute atomic E-state index is 0.0960. The van der Waals surface area contributed by atoms with E-state index in [9.17, 15) is 8.42 Å². The van der Waals surface area contributed by atoms with Crippen molar-refractivity contribution < 1.29 is 13.2 Å². The van der Waals surface area contributed by atoms with Crippen molar-refractivity contribution in [1.29, 1.82) is 0 Å². The van der Waals surface area contributed by atoms with Gasteiger partial charge in [0.2, 0.25) is 0 Å². The zero-order chi connectivity index (χ0) is 12.3. The molecule has 0 amide bonds. The molecule has 1 aromatic rings. The Morgan fingerprint density at radius 2 is 2.06 bits per heavy atom. The van der Waals surface area contributed by atoms with Crippen LogP contribution in [-0.4, -0.2) is 27.5 Å². The van der Waals surface area contributed by atoms with Crippen LogP contribution in [0.25, 0.3) is 0 Å². The lowest BCUT2D eigenvalue weighted by molar-refractivity contribution is 0.411. The molecule has 0 saturated carbocycles. The Balaban J connectivity index is 2.93. The Kier molecular flexibility index (Phi) is 4.38. The average molecular weight is 307 g/mol. The summed E-state index contributed by atoms with van der Waals surface area (Å²) in [6.45, 7) is 1.93. The van der Waals surface area contributed by atoms with Gasteiger partial charge in [-0.1, -0.05) is 28.1 Å². The summed E-state index contributed by atoms with van der Waals surface area (Å²) in [4.78, 5) is -0.174. The van der Waals surface area contributed by atoms with Crippen LogP contribution in [0.4, 0.5) is 0 Å². The highest BCUT2D eigenvalue weighted by molar-refractivity contribution is 9.09. The molecule has 1 unspecified atom stereocenters. The van der Waals surface area contributed by atoms with Gasteiger partial charge in [0.15, 0.2) is 0 Å². The smallest absolute Gasteiger partial charge is 0.148 e. The summed E-state index contributed by atoms with van der Waals surface area (Å²) in [5.74, 6) is 0.904. The third-order valence-corrected chi connectivity index (χ3v) is 4.45. The topological polar surface area (TPSA) is 43.4 Å². The van der Waals surface area contributed by atoms with Gasteiger partial charge in [0.25, 0.3) is 0 Å². The highest BCUT2D eigenvalue weighted by Gasteiger charge is 2.15. The Labute approximate surface area is 105 Å². The Bertz CT molecular complexity index is 468. The van der Waals surface area contributed by atoms with E-state index in [0.29, 0.717) is 0 Å². The Morgan fingerprint density at radius 3 is 2.50 bits per heavy atom. The number of alkyl halides is 1. The van der Waals surface area contributed by atoms with E-state index in [1.165, 1.54) is 6.26 Å². The van der Waals surface area contributed by atoms with Crippen molar-refractivity contribution in [1.82, 2.24) is 0 Å². The molecule has 16 heavy (non-hydrogen) atoms. The molecule has 0 aliphatic rings. The first-order chi connectivity index (χ1) is 7.33. The molecule has 5 heteroatoms. The highest BCUT2D eigenvalue weighted by atomic mass is 79.9. The minimum atomic E-state index is -2.98. The molecule has 90 valence electrons. The number of aryl methyl sites for hydroxylation is 1. The number of halogens is 1. The van der Waals surface area contributed by atoms with E-state index >= 15 is 0 Å². The molecule has 0 N–H and O–H groups in total. The summed E-state index contributed by atoms with van der Waals surface area (Å²) in [6, 6.07) is 5.65. The van der Waals surface area contributed by atoms with Gasteiger partial charge in [-0.15, -0.1) is 0 Å². The molecule has 1 rings (SSSR count). The second-order valence-electron chi connectivity index (χ2n) is 3.79. The maximum atomic E-state index is 11.2. The summed E-state index contributed by atoms with van der Waals surface area (Å²) in [6.07, 6.45) is 1.23. The number of methoxy groups -OCH3 is 1. The maximum Gasteiger partial charge on any atom is 0.148 e. The quantitative estimate of drug-likeness (QED) is 0.803. The van der Waals surface area contributed by atoms with E-state index in [2.05, 4.69) is 15.9 Å². The predicted octanol–water partition coefficient (Wildman–Crippen LogP) is 2.48. The van der Waals surface area contributed by atoms with Crippen LogP contribution in [0.5, 0.6) is 5.75 Å². The monoisotopic (exact) mass is 306 g/mol. The van der Waals surface area contributed by atoms with Crippen molar-refractivity contribution in [3.8, 4) is 5.75 Å². The van der Waals surface area contributed by atoms with Gasteiger partial charge in [0.1, 0.15) is 15.6 Å². The first kappa shape index (κ1) is 13.5. The van der Waals surface area contributed by atoms with Crippen molar-refractivity contribution >= 4 is 25.8 Å². The van der Waals surface area contributed by atoms with E-state index in [-0.39, 0.29) is 10.6 Å². The number of benzene rings is 1. The fraction of sp³-hybridized carbons (Fsp3) is 0.455. The van der Waals surface area contributed by atoms with Crippen LogP contribution in [0, 0.1) is 6.92 Å². The van der Waals surface area contributed by atoms with Crippen molar-refractivity contribution in [2.45, 2.75) is 11.8 Å². The SMILES string of the molecule is COc1ccc(C(Br)CS(C)(=O)=O)cc1C. The standard InChI is InChI=1S/C11H15BrO3S/c1-8-6-9(4-5-11(8)15-2)10(12)7-16(3,13)14/h4-6,10H,7H2,1-3H3. The lowest BCUT2D eigenvalue weighted by Crippen LogP contribution is -2.08. The summed E-state index contributed by atoms with van der Waals surface area (Å²) < 4.78 is 27.5. The van der Waals surface area contributed by atoms with E-state index in [0.717, 1.165) is 16.9 Å². The minimum Gasteiger partial charge on any atom is -0.496 e. The van der Waals surface area contributed by atoms with E-state index < -0.39 is 9.84 Å². The third kappa shape index (κ3) is 3.79. The van der Waals surface area contributed by atoms with E-state index in [1.807, 2.05) is 25.1 Å². The van der Waals surface area contributed by atoms with Gasteiger partial charge in [0, 0.05) is 6.26 Å². The summed E-state index contributed by atoms with van der Waals surface area (Å²) in [5.41, 5.74) is 1.95. The Morgan fingerprint density at radius 1 is 1.44 bits per heavy atom. The molecule has 0 radical (unpaired) electrons. The lowest BCUT2D eigenvalue weighted by atomic mass is 10.1. The van der Waals surface area contributed by atoms with Crippen molar-refractivity contribution in [3.05, 3.63) is 29.3 Å². The molecule has 0 aromatic heterocycles.